The Morgan fingerprint density at radius 3 is 2.45 bits per heavy atom. The molecule has 1 aliphatic heterocycles. The number of likely N-dealkylation sites (tertiary alicyclic amines) is 1. The predicted molar refractivity (Wildman–Crippen MR) is 118 cm³/mol. The van der Waals surface area contributed by atoms with Gasteiger partial charge in [-0.05, 0) is 68.1 Å². The molecule has 1 saturated heterocycles. The second kappa shape index (κ2) is 10.8. The van der Waals surface area contributed by atoms with E-state index in [1.165, 1.54) is 17.8 Å². The molecule has 0 aromatic heterocycles. The zero-order valence-electron chi connectivity index (χ0n) is 17.5. The number of thioether (sulfide) groups is 1. The largest absolute Gasteiger partial charge is 0.494 e. The molecule has 0 atom stereocenters. The Bertz CT molecular complexity index is 904. The van der Waals surface area contributed by atoms with E-state index in [1.54, 1.807) is 12.3 Å². The van der Waals surface area contributed by atoms with Crippen LogP contribution in [-0.2, 0) is 11.0 Å². The molecule has 0 amide bonds. The van der Waals surface area contributed by atoms with Crippen LogP contribution in [0.3, 0.4) is 0 Å². The quantitative estimate of drug-likeness (QED) is 0.350. The van der Waals surface area contributed by atoms with Crippen molar-refractivity contribution in [2.75, 3.05) is 25.4 Å². The summed E-state index contributed by atoms with van der Waals surface area (Å²) in [6.07, 6.45) is 0.454. The first kappa shape index (κ1) is 23.3. The zero-order chi connectivity index (χ0) is 22.3. The minimum Gasteiger partial charge on any atom is -0.494 e. The third-order valence-corrected chi connectivity index (χ3v) is 6.02. The Balaban J connectivity index is 1.80. The number of Topliss-reactive ketones (excluding diaryl/α,β-unsaturated/α-hetero) is 1. The smallest absolute Gasteiger partial charge is 0.416 e. The lowest BCUT2D eigenvalue weighted by molar-refractivity contribution is -0.137. The molecule has 1 aliphatic rings. The predicted octanol–water partition coefficient (Wildman–Crippen LogP) is 6.29. The van der Waals surface area contributed by atoms with Crippen LogP contribution in [0.1, 0.15) is 37.3 Å². The van der Waals surface area contributed by atoms with Crippen molar-refractivity contribution < 1.29 is 22.7 Å². The fraction of sp³-hybridized carbons (Fsp3) is 0.375. The molecule has 3 rings (SSSR count). The summed E-state index contributed by atoms with van der Waals surface area (Å²) in [6, 6.07) is 12.5. The van der Waals surface area contributed by atoms with Crippen molar-refractivity contribution in [3.05, 3.63) is 65.9 Å². The number of hydrogen-bond acceptors (Lipinski definition) is 4. The van der Waals surface area contributed by atoms with Gasteiger partial charge in [0, 0.05) is 29.8 Å². The summed E-state index contributed by atoms with van der Waals surface area (Å²) in [5.74, 6) is 0.709. The van der Waals surface area contributed by atoms with E-state index in [4.69, 9.17) is 4.74 Å². The minimum atomic E-state index is -4.45. The van der Waals surface area contributed by atoms with Crippen LogP contribution >= 0.6 is 11.8 Å². The number of rotatable bonds is 8. The Kier molecular flexibility index (Phi) is 8.07. The van der Waals surface area contributed by atoms with E-state index in [0.29, 0.717) is 17.7 Å². The molecule has 0 aliphatic carbocycles. The minimum absolute atomic E-state index is 0.143. The number of halogens is 3. The highest BCUT2D eigenvalue weighted by molar-refractivity contribution is 8.00. The van der Waals surface area contributed by atoms with E-state index >= 15 is 0 Å². The van der Waals surface area contributed by atoms with Gasteiger partial charge in [0.25, 0.3) is 0 Å². The van der Waals surface area contributed by atoms with Gasteiger partial charge in [0.05, 0.1) is 17.9 Å². The summed E-state index contributed by atoms with van der Waals surface area (Å²) in [5.41, 5.74) is -0.120. The van der Waals surface area contributed by atoms with Gasteiger partial charge in [-0.1, -0.05) is 12.1 Å². The summed E-state index contributed by atoms with van der Waals surface area (Å²) in [4.78, 5) is 16.0. The molecule has 0 spiro atoms. The number of nitrogens with zero attached hydrogens (tertiary/aromatic N) is 1. The summed E-state index contributed by atoms with van der Waals surface area (Å²) in [5, 5.41) is 0. The number of benzene rings is 2. The standard InChI is InChI=1S/C24H26F3NO2S/c1-2-30-20-9-11-21(12-10-20)31-17-23(29)22(16-28-13-4-3-5-14-28)18-7-6-8-19(15-18)24(25,26)27/h6-12,15-16H,2-5,13-14,17H2,1H3/b22-16+. The van der Waals surface area contributed by atoms with E-state index in [0.717, 1.165) is 55.1 Å². The van der Waals surface area contributed by atoms with Crippen LogP contribution in [0.25, 0.3) is 5.57 Å². The van der Waals surface area contributed by atoms with Gasteiger partial charge in [0.2, 0.25) is 0 Å². The van der Waals surface area contributed by atoms with Crippen LogP contribution in [0, 0.1) is 0 Å². The average molecular weight is 450 g/mol. The van der Waals surface area contributed by atoms with Crippen LogP contribution in [0.5, 0.6) is 5.75 Å². The highest BCUT2D eigenvalue weighted by Crippen LogP contribution is 2.32. The first-order chi connectivity index (χ1) is 14.9. The van der Waals surface area contributed by atoms with Crippen LogP contribution < -0.4 is 4.74 Å². The van der Waals surface area contributed by atoms with Crippen LogP contribution in [0.4, 0.5) is 13.2 Å². The van der Waals surface area contributed by atoms with Crippen molar-refractivity contribution in [3.63, 3.8) is 0 Å². The van der Waals surface area contributed by atoms with Crippen molar-refractivity contribution in [3.8, 4) is 5.75 Å². The van der Waals surface area contributed by atoms with E-state index < -0.39 is 11.7 Å². The molecular formula is C24H26F3NO2S. The van der Waals surface area contributed by atoms with Gasteiger partial charge < -0.3 is 9.64 Å². The lowest BCUT2D eigenvalue weighted by Crippen LogP contribution is -2.25. The Morgan fingerprint density at radius 1 is 1.10 bits per heavy atom. The zero-order valence-corrected chi connectivity index (χ0v) is 18.3. The first-order valence-corrected chi connectivity index (χ1v) is 11.4. The third kappa shape index (κ3) is 6.79. The van der Waals surface area contributed by atoms with Gasteiger partial charge in [0.15, 0.2) is 5.78 Å². The molecule has 7 heteroatoms. The SMILES string of the molecule is CCOc1ccc(SCC(=O)/C(=C/N2CCCCC2)c2cccc(C(F)(F)F)c2)cc1. The number of carbonyl (C=O) groups is 1. The number of carbonyl (C=O) groups excluding carboxylic acids is 1. The van der Waals surface area contributed by atoms with Gasteiger partial charge in [-0.15, -0.1) is 11.8 Å². The van der Waals surface area contributed by atoms with E-state index in [2.05, 4.69) is 0 Å². The average Bonchev–Trinajstić information content (AvgIpc) is 2.77. The van der Waals surface area contributed by atoms with Gasteiger partial charge in [-0.2, -0.15) is 13.2 Å². The molecule has 0 unspecified atom stereocenters. The van der Waals surface area contributed by atoms with Crippen molar-refractivity contribution in [1.82, 2.24) is 4.90 Å². The van der Waals surface area contributed by atoms with Crippen molar-refractivity contribution in [1.29, 1.82) is 0 Å². The van der Waals surface area contributed by atoms with Crippen molar-refractivity contribution in [2.24, 2.45) is 0 Å². The number of ketones is 1. The lowest BCUT2D eigenvalue weighted by atomic mass is 10.00. The molecule has 0 radical (unpaired) electrons. The van der Waals surface area contributed by atoms with Crippen LogP contribution in [0.15, 0.2) is 59.6 Å². The molecule has 0 N–H and O–H groups in total. The summed E-state index contributed by atoms with van der Waals surface area (Å²) in [6.45, 7) is 4.10. The number of ether oxygens (including phenoxy) is 1. The fourth-order valence-corrected chi connectivity index (χ4v) is 4.21. The number of allylic oxidation sites excluding steroid dienone is 1. The van der Waals surface area contributed by atoms with Gasteiger partial charge in [0.1, 0.15) is 5.75 Å². The van der Waals surface area contributed by atoms with Gasteiger partial charge >= 0.3 is 6.18 Å². The van der Waals surface area contributed by atoms with Crippen molar-refractivity contribution >= 4 is 23.1 Å². The molecular weight excluding hydrogens is 423 g/mol. The maximum Gasteiger partial charge on any atom is 0.416 e. The van der Waals surface area contributed by atoms with Crippen molar-refractivity contribution in [2.45, 2.75) is 37.3 Å². The van der Waals surface area contributed by atoms with E-state index in [1.807, 2.05) is 36.1 Å². The molecule has 3 nitrogen and oxygen atoms in total. The third-order valence-electron chi connectivity index (χ3n) is 5.01. The number of alkyl halides is 3. The molecule has 2 aromatic rings. The highest BCUT2D eigenvalue weighted by Gasteiger charge is 2.31. The van der Waals surface area contributed by atoms with Crippen LogP contribution in [-0.4, -0.2) is 36.1 Å². The van der Waals surface area contributed by atoms with Gasteiger partial charge in [-0.25, -0.2) is 0 Å². The fourth-order valence-electron chi connectivity index (χ4n) is 3.43. The van der Waals surface area contributed by atoms with Gasteiger partial charge in [-0.3, -0.25) is 4.79 Å². The highest BCUT2D eigenvalue weighted by atomic mass is 32.2. The molecule has 0 bridgehead atoms. The maximum atomic E-state index is 13.2. The molecule has 166 valence electrons. The molecule has 2 aromatic carbocycles. The Morgan fingerprint density at radius 2 is 1.81 bits per heavy atom. The molecule has 0 saturated carbocycles. The second-order valence-electron chi connectivity index (χ2n) is 7.33. The Labute approximate surface area is 185 Å². The molecule has 31 heavy (non-hydrogen) atoms. The number of piperidine rings is 1. The molecule has 1 heterocycles. The van der Waals surface area contributed by atoms with Crippen LogP contribution in [0.2, 0.25) is 0 Å². The van der Waals surface area contributed by atoms with E-state index in [-0.39, 0.29) is 11.5 Å². The Hall–Kier alpha value is -2.41. The van der Waals surface area contributed by atoms with E-state index in [9.17, 15) is 18.0 Å². The number of hydrogen-bond donors (Lipinski definition) is 0. The second-order valence-corrected chi connectivity index (χ2v) is 8.38. The maximum absolute atomic E-state index is 13.2. The first-order valence-electron chi connectivity index (χ1n) is 10.4. The summed E-state index contributed by atoms with van der Waals surface area (Å²) < 4.78 is 45.1. The topological polar surface area (TPSA) is 29.5 Å². The normalized spacial score (nSPS) is 15.1. The summed E-state index contributed by atoms with van der Waals surface area (Å²) >= 11 is 1.36. The summed E-state index contributed by atoms with van der Waals surface area (Å²) in [7, 11) is 0. The molecule has 1 fully saturated rings. The lowest BCUT2D eigenvalue weighted by Gasteiger charge is -2.26. The monoisotopic (exact) mass is 449 g/mol.